The predicted octanol–water partition coefficient (Wildman–Crippen LogP) is 4.81. The van der Waals surface area contributed by atoms with Gasteiger partial charge < -0.3 is 28.4 Å². The summed E-state index contributed by atoms with van der Waals surface area (Å²) in [6.07, 6.45) is 2.72. The zero-order chi connectivity index (χ0) is 26.6. The number of furan rings is 1. The van der Waals surface area contributed by atoms with Gasteiger partial charge in [-0.15, -0.1) is 11.3 Å². The first-order valence-corrected chi connectivity index (χ1v) is 13.2. The minimum atomic E-state index is -0.304. The number of amides is 2. The number of aryl methyl sites for hydroxylation is 1. The van der Waals surface area contributed by atoms with Crippen LogP contribution in [0.5, 0.6) is 11.5 Å². The molecule has 37 heavy (non-hydrogen) atoms. The summed E-state index contributed by atoms with van der Waals surface area (Å²) in [5.41, 5.74) is 1.03. The SMILES string of the molecule is CCOCCCN(CC(=O)N(CCc1ccc(OC)c(OC)c1)Cc1ccc(C)s1)C(=O)c1ccco1. The molecule has 3 rings (SSSR count). The zero-order valence-corrected chi connectivity index (χ0v) is 22.8. The van der Waals surface area contributed by atoms with Gasteiger partial charge in [0, 0.05) is 36.1 Å². The Morgan fingerprint density at radius 1 is 1.00 bits per heavy atom. The van der Waals surface area contributed by atoms with E-state index in [0.717, 1.165) is 10.4 Å². The summed E-state index contributed by atoms with van der Waals surface area (Å²) >= 11 is 1.67. The number of methoxy groups -OCH3 is 2. The molecule has 0 aliphatic heterocycles. The Balaban J connectivity index is 1.75. The van der Waals surface area contributed by atoms with Crippen molar-refractivity contribution in [2.45, 2.75) is 33.2 Å². The van der Waals surface area contributed by atoms with Crippen LogP contribution in [0.15, 0.2) is 53.1 Å². The van der Waals surface area contributed by atoms with Gasteiger partial charge >= 0.3 is 0 Å². The Morgan fingerprint density at radius 2 is 1.81 bits per heavy atom. The van der Waals surface area contributed by atoms with Crippen LogP contribution in [-0.4, -0.2) is 68.7 Å². The third-order valence-corrected chi connectivity index (χ3v) is 6.87. The highest BCUT2D eigenvalue weighted by atomic mass is 32.1. The van der Waals surface area contributed by atoms with E-state index in [9.17, 15) is 9.59 Å². The van der Waals surface area contributed by atoms with E-state index < -0.39 is 0 Å². The lowest BCUT2D eigenvalue weighted by Gasteiger charge is -2.27. The average molecular weight is 529 g/mol. The normalized spacial score (nSPS) is 10.8. The highest BCUT2D eigenvalue weighted by Gasteiger charge is 2.24. The summed E-state index contributed by atoms with van der Waals surface area (Å²) in [5.74, 6) is 1.10. The number of ether oxygens (including phenoxy) is 3. The van der Waals surface area contributed by atoms with Gasteiger partial charge in [0.2, 0.25) is 5.91 Å². The lowest BCUT2D eigenvalue weighted by Crippen LogP contribution is -2.43. The molecule has 0 aliphatic carbocycles. The largest absolute Gasteiger partial charge is 0.493 e. The number of nitrogens with zero attached hydrogens (tertiary/aromatic N) is 2. The van der Waals surface area contributed by atoms with Gasteiger partial charge in [-0.2, -0.15) is 0 Å². The molecule has 0 bridgehead atoms. The lowest BCUT2D eigenvalue weighted by molar-refractivity contribution is -0.132. The van der Waals surface area contributed by atoms with Crippen molar-refractivity contribution in [2.75, 3.05) is 47.1 Å². The van der Waals surface area contributed by atoms with Crippen molar-refractivity contribution >= 4 is 23.2 Å². The average Bonchev–Trinajstić information content (AvgIpc) is 3.59. The summed E-state index contributed by atoms with van der Waals surface area (Å²) in [6.45, 7) is 6.43. The van der Waals surface area contributed by atoms with Gasteiger partial charge in [-0.05, 0) is 68.7 Å². The van der Waals surface area contributed by atoms with Crippen LogP contribution >= 0.6 is 11.3 Å². The van der Waals surface area contributed by atoms with E-state index in [4.69, 9.17) is 18.6 Å². The number of rotatable bonds is 15. The van der Waals surface area contributed by atoms with Crippen LogP contribution in [0, 0.1) is 6.92 Å². The van der Waals surface area contributed by atoms with E-state index in [-0.39, 0.29) is 24.1 Å². The number of carbonyl (C=O) groups is 2. The fraction of sp³-hybridized carbons (Fsp3) is 0.429. The van der Waals surface area contributed by atoms with Crippen LogP contribution in [0.1, 0.15) is 39.2 Å². The smallest absolute Gasteiger partial charge is 0.290 e. The Morgan fingerprint density at radius 3 is 2.46 bits per heavy atom. The van der Waals surface area contributed by atoms with Gasteiger partial charge in [0.05, 0.1) is 27.0 Å². The fourth-order valence-corrected chi connectivity index (χ4v) is 4.83. The maximum Gasteiger partial charge on any atom is 0.290 e. The molecule has 9 heteroatoms. The molecular weight excluding hydrogens is 492 g/mol. The van der Waals surface area contributed by atoms with Crippen LogP contribution in [0.25, 0.3) is 0 Å². The predicted molar refractivity (Wildman–Crippen MR) is 143 cm³/mol. The Labute approximate surface area is 222 Å². The Hall–Kier alpha value is -3.30. The number of hydrogen-bond donors (Lipinski definition) is 0. The molecule has 0 saturated heterocycles. The summed E-state index contributed by atoms with van der Waals surface area (Å²) < 4.78 is 21.5. The van der Waals surface area contributed by atoms with Crippen molar-refractivity contribution in [1.29, 1.82) is 0 Å². The van der Waals surface area contributed by atoms with Crippen LogP contribution in [0.2, 0.25) is 0 Å². The number of benzene rings is 1. The van der Waals surface area contributed by atoms with Crippen LogP contribution in [-0.2, 0) is 22.5 Å². The standard InChI is InChI=1S/C28H36N2O6S/c1-5-35-16-7-14-30(28(32)25-8-6-17-36-25)20-27(31)29(19-23-11-9-21(2)37-23)15-13-22-10-12-24(33-3)26(18-22)34-4/h6,8-12,17-18H,5,7,13-16,19-20H2,1-4H3. The number of thiophene rings is 1. The van der Waals surface area contributed by atoms with E-state index in [1.165, 1.54) is 11.1 Å². The molecule has 3 aromatic rings. The first-order chi connectivity index (χ1) is 17.9. The molecule has 8 nitrogen and oxygen atoms in total. The maximum absolute atomic E-state index is 13.6. The van der Waals surface area contributed by atoms with Crippen molar-refractivity contribution in [2.24, 2.45) is 0 Å². The number of hydrogen-bond acceptors (Lipinski definition) is 7. The summed E-state index contributed by atoms with van der Waals surface area (Å²) in [4.78, 5) is 32.3. The fourth-order valence-electron chi connectivity index (χ4n) is 3.92. The molecular formula is C28H36N2O6S. The Bertz CT molecular complexity index is 1130. The van der Waals surface area contributed by atoms with E-state index in [2.05, 4.69) is 6.07 Å². The number of carbonyl (C=O) groups excluding carboxylic acids is 2. The second-order valence-corrected chi connectivity index (χ2v) is 9.89. The van der Waals surface area contributed by atoms with E-state index in [1.54, 1.807) is 42.6 Å². The van der Waals surface area contributed by atoms with Gasteiger partial charge in [0.25, 0.3) is 5.91 Å². The van der Waals surface area contributed by atoms with E-state index in [1.807, 2.05) is 43.0 Å². The summed E-state index contributed by atoms with van der Waals surface area (Å²) in [7, 11) is 3.21. The highest BCUT2D eigenvalue weighted by molar-refractivity contribution is 7.11. The minimum Gasteiger partial charge on any atom is -0.493 e. The molecule has 2 heterocycles. The van der Waals surface area contributed by atoms with Gasteiger partial charge in [-0.3, -0.25) is 9.59 Å². The molecule has 0 N–H and O–H groups in total. The second-order valence-electron chi connectivity index (χ2n) is 8.52. The first kappa shape index (κ1) is 28.3. The van der Waals surface area contributed by atoms with Crippen LogP contribution in [0.3, 0.4) is 0 Å². The summed E-state index contributed by atoms with van der Waals surface area (Å²) in [5, 5.41) is 0. The van der Waals surface area contributed by atoms with Gasteiger partial charge in [-0.1, -0.05) is 6.07 Å². The minimum absolute atomic E-state index is 0.0397. The molecule has 200 valence electrons. The molecule has 0 unspecified atom stereocenters. The molecule has 0 atom stereocenters. The van der Waals surface area contributed by atoms with Gasteiger partial charge in [0.1, 0.15) is 6.54 Å². The molecule has 1 aromatic carbocycles. The van der Waals surface area contributed by atoms with Crippen LogP contribution < -0.4 is 9.47 Å². The molecule has 2 aromatic heterocycles. The topological polar surface area (TPSA) is 81.5 Å². The molecule has 0 saturated carbocycles. The lowest BCUT2D eigenvalue weighted by atomic mass is 10.1. The highest BCUT2D eigenvalue weighted by Crippen LogP contribution is 2.28. The molecule has 0 spiro atoms. The van der Waals surface area contributed by atoms with E-state index in [0.29, 0.717) is 57.2 Å². The van der Waals surface area contributed by atoms with Crippen molar-refractivity contribution in [1.82, 2.24) is 9.80 Å². The Kier molecular flexibility index (Phi) is 11.0. The third-order valence-electron chi connectivity index (χ3n) is 5.88. The second kappa shape index (κ2) is 14.4. The van der Waals surface area contributed by atoms with Crippen molar-refractivity contribution < 1.29 is 28.2 Å². The van der Waals surface area contributed by atoms with Gasteiger partial charge in [-0.25, -0.2) is 0 Å². The third kappa shape index (κ3) is 8.36. The first-order valence-electron chi connectivity index (χ1n) is 12.4. The van der Waals surface area contributed by atoms with Gasteiger partial charge in [0.15, 0.2) is 17.3 Å². The molecule has 0 fully saturated rings. The maximum atomic E-state index is 13.6. The van der Waals surface area contributed by atoms with Crippen LogP contribution in [0.4, 0.5) is 0 Å². The zero-order valence-electron chi connectivity index (χ0n) is 22.0. The van der Waals surface area contributed by atoms with Crippen molar-refractivity contribution in [3.8, 4) is 11.5 Å². The van der Waals surface area contributed by atoms with E-state index >= 15 is 0 Å². The molecule has 2 amide bonds. The molecule has 0 radical (unpaired) electrons. The monoisotopic (exact) mass is 528 g/mol. The quantitative estimate of drug-likeness (QED) is 0.264. The van der Waals surface area contributed by atoms with Crippen molar-refractivity contribution in [3.63, 3.8) is 0 Å². The van der Waals surface area contributed by atoms with Crippen molar-refractivity contribution in [3.05, 3.63) is 69.8 Å². The summed E-state index contributed by atoms with van der Waals surface area (Å²) in [6, 6.07) is 13.2. The molecule has 0 aliphatic rings.